The summed E-state index contributed by atoms with van der Waals surface area (Å²) in [5, 5.41) is 10.4. The van der Waals surface area contributed by atoms with Gasteiger partial charge in [-0.05, 0) is 37.4 Å². The molecule has 0 rings (SSSR count). The van der Waals surface area contributed by atoms with E-state index in [4.69, 9.17) is 4.43 Å². The van der Waals surface area contributed by atoms with Crippen molar-refractivity contribution in [3.8, 4) is 0 Å². The second kappa shape index (κ2) is 9.01. The monoisotopic (exact) mass is 300 g/mol. The first-order chi connectivity index (χ1) is 9.14. The highest BCUT2D eigenvalue weighted by molar-refractivity contribution is 6.74. The molecule has 2 atom stereocenters. The van der Waals surface area contributed by atoms with Gasteiger partial charge in [0.2, 0.25) is 0 Å². The lowest BCUT2D eigenvalue weighted by molar-refractivity contribution is 0.0809. The topological polar surface area (TPSA) is 29.5 Å². The molecule has 20 heavy (non-hydrogen) atoms. The lowest BCUT2D eigenvalue weighted by atomic mass is 10.0. The van der Waals surface area contributed by atoms with Crippen LogP contribution in [0, 0.1) is 0 Å². The van der Waals surface area contributed by atoms with Gasteiger partial charge in [0.1, 0.15) is 0 Å². The Kier molecular flexibility index (Phi) is 8.95. The summed E-state index contributed by atoms with van der Waals surface area (Å²) >= 11 is 0. The molecule has 3 heteroatoms. The van der Waals surface area contributed by atoms with Crippen LogP contribution in [0.2, 0.25) is 18.1 Å². The molecule has 0 amide bonds. The lowest BCUT2D eigenvalue weighted by Gasteiger charge is -2.39. The first-order valence-corrected chi connectivity index (χ1v) is 11.0. The summed E-state index contributed by atoms with van der Waals surface area (Å²) in [6, 6.07) is 0. The Hall–Kier alpha value is -0.123. The zero-order valence-corrected chi connectivity index (χ0v) is 15.5. The largest absolute Gasteiger partial charge is 0.414 e. The quantitative estimate of drug-likeness (QED) is 0.338. The summed E-state index contributed by atoms with van der Waals surface area (Å²) < 4.78 is 6.43. The van der Waals surface area contributed by atoms with Gasteiger partial charge < -0.3 is 9.53 Å². The molecule has 0 aromatic carbocycles. The number of rotatable bonds is 10. The van der Waals surface area contributed by atoms with E-state index < -0.39 is 8.32 Å². The van der Waals surface area contributed by atoms with Crippen LogP contribution in [0.1, 0.15) is 66.2 Å². The van der Waals surface area contributed by atoms with Crippen LogP contribution in [0.4, 0.5) is 0 Å². The van der Waals surface area contributed by atoms with E-state index in [2.05, 4.69) is 47.4 Å². The van der Waals surface area contributed by atoms with E-state index in [1.54, 1.807) is 0 Å². The molecule has 2 nitrogen and oxygen atoms in total. The zero-order chi connectivity index (χ0) is 15.8. The van der Waals surface area contributed by atoms with E-state index in [0.717, 1.165) is 25.7 Å². The van der Waals surface area contributed by atoms with Crippen molar-refractivity contribution in [2.45, 2.75) is 96.6 Å². The van der Waals surface area contributed by atoms with Gasteiger partial charge in [-0.1, -0.05) is 53.0 Å². The van der Waals surface area contributed by atoms with Gasteiger partial charge in [0.15, 0.2) is 8.32 Å². The van der Waals surface area contributed by atoms with Crippen LogP contribution in [-0.2, 0) is 4.43 Å². The molecular weight excluding hydrogens is 264 g/mol. The highest BCUT2D eigenvalue weighted by Crippen LogP contribution is 2.38. The molecular formula is C17H36O2Si. The van der Waals surface area contributed by atoms with E-state index in [0.29, 0.717) is 0 Å². The molecule has 0 aliphatic carbocycles. The van der Waals surface area contributed by atoms with Gasteiger partial charge in [-0.3, -0.25) is 0 Å². The third-order valence-electron chi connectivity index (χ3n) is 4.37. The molecule has 0 aromatic rings. The Bertz CT molecular complexity index is 269. The predicted molar refractivity (Wildman–Crippen MR) is 91.6 cm³/mol. The Morgan fingerprint density at radius 1 is 1.25 bits per heavy atom. The second-order valence-corrected chi connectivity index (χ2v) is 12.2. The Balaban J connectivity index is 4.46. The van der Waals surface area contributed by atoms with Crippen LogP contribution in [0.5, 0.6) is 0 Å². The van der Waals surface area contributed by atoms with E-state index >= 15 is 0 Å². The third-order valence-corrected chi connectivity index (χ3v) is 8.91. The second-order valence-electron chi connectivity index (χ2n) is 7.41. The maximum Gasteiger partial charge on any atom is 0.192 e. The molecule has 0 bridgehead atoms. The van der Waals surface area contributed by atoms with Gasteiger partial charge in [-0.15, -0.1) is 6.58 Å². The molecule has 0 fully saturated rings. The summed E-state index contributed by atoms with van der Waals surface area (Å²) in [7, 11) is -1.77. The number of aliphatic hydroxyl groups is 1. The fourth-order valence-electron chi connectivity index (χ4n) is 2.02. The number of hydrogen-bond acceptors (Lipinski definition) is 2. The summed E-state index contributed by atoms with van der Waals surface area (Å²) in [4.78, 5) is 0. The average Bonchev–Trinajstić information content (AvgIpc) is 2.27. The van der Waals surface area contributed by atoms with Crippen LogP contribution >= 0.6 is 0 Å². The maximum atomic E-state index is 10.2. The van der Waals surface area contributed by atoms with Crippen LogP contribution in [0.15, 0.2) is 12.7 Å². The molecule has 0 heterocycles. The highest BCUT2D eigenvalue weighted by Gasteiger charge is 2.39. The highest BCUT2D eigenvalue weighted by atomic mass is 28.4. The number of unbranched alkanes of at least 4 members (excludes halogenated alkanes) is 2. The standard InChI is InChI=1S/C17H36O2Si/c1-8-10-11-13-15(18)14-16(12-9-2)19-20(6,7)17(3,4)5/h9,15-16,18H,2,8,10-14H2,1,3-7H3/t15-,16-/m0/s1. The summed E-state index contributed by atoms with van der Waals surface area (Å²) in [5.41, 5.74) is 0. The van der Waals surface area contributed by atoms with Crippen LogP contribution < -0.4 is 0 Å². The van der Waals surface area contributed by atoms with Gasteiger partial charge in [0.05, 0.1) is 12.2 Å². The van der Waals surface area contributed by atoms with E-state index in [1.165, 1.54) is 12.8 Å². The smallest absolute Gasteiger partial charge is 0.192 e. The van der Waals surface area contributed by atoms with Crippen molar-refractivity contribution in [1.82, 2.24) is 0 Å². The van der Waals surface area contributed by atoms with Gasteiger partial charge in [-0.25, -0.2) is 0 Å². The van der Waals surface area contributed by atoms with Crippen molar-refractivity contribution < 1.29 is 9.53 Å². The van der Waals surface area contributed by atoms with E-state index in [1.807, 2.05) is 6.08 Å². The number of hydrogen-bond donors (Lipinski definition) is 1. The molecule has 0 aromatic heterocycles. The summed E-state index contributed by atoms with van der Waals surface area (Å²) in [6.07, 6.45) is 7.76. The lowest BCUT2D eigenvalue weighted by Crippen LogP contribution is -2.44. The van der Waals surface area contributed by atoms with Crippen molar-refractivity contribution in [1.29, 1.82) is 0 Å². The van der Waals surface area contributed by atoms with Crippen molar-refractivity contribution in [2.75, 3.05) is 0 Å². The normalized spacial score (nSPS) is 15.9. The molecule has 0 aliphatic rings. The minimum Gasteiger partial charge on any atom is -0.414 e. The fraction of sp³-hybridized carbons (Fsp3) is 0.882. The van der Waals surface area contributed by atoms with Crippen molar-refractivity contribution in [3.63, 3.8) is 0 Å². The molecule has 0 spiro atoms. The minimum absolute atomic E-state index is 0.116. The third kappa shape index (κ3) is 7.60. The van der Waals surface area contributed by atoms with Crippen LogP contribution in [0.25, 0.3) is 0 Å². The van der Waals surface area contributed by atoms with Crippen molar-refractivity contribution in [3.05, 3.63) is 12.7 Å². The van der Waals surface area contributed by atoms with E-state index in [-0.39, 0.29) is 17.2 Å². The van der Waals surface area contributed by atoms with E-state index in [9.17, 15) is 5.11 Å². The van der Waals surface area contributed by atoms with Crippen molar-refractivity contribution >= 4 is 8.32 Å². The van der Waals surface area contributed by atoms with Crippen LogP contribution in [-0.4, -0.2) is 25.6 Å². The number of aliphatic hydroxyl groups excluding tert-OH is 1. The van der Waals surface area contributed by atoms with Gasteiger partial charge in [-0.2, -0.15) is 0 Å². The van der Waals surface area contributed by atoms with Gasteiger partial charge in [0, 0.05) is 0 Å². The minimum atomic E-state index is -1.77. The Morgan fingerprint density at radius 2 is 1.85 bits per heavy atom. The molecule has 0 saturated carbocycles. The Labute approximate surface area is 127 Å². The first kappa shape index (κ1) is 19.9. The molecule has 0 unspecified atom stereocenters. The summed E-state index contributed by atoms with van der Waals surface area (Å²) in [5.74, 6) is 0. The van der Waals surface area contributed by atoms with Gasteiger partial charge >= 0.3 is 0 Å². The maximum absolute atomic E-state index is 10.2. The Morgan fingerprint density at radius 3 is 2.30 bits per heavy atom. The zero-order valence-electron chi connectivity index (χ0n) is 14.5. The first-order valence-electron chi connectivity index (χ1n) is 8.10. The average molecular weight is 301 g/mol. The molecule has 1 N–H and O–H groups in total. The molecule has 0 radical (unpaired) electrons. The predicted octanol–water partition coefficient (Wildman–Crippen LogP) is 5.28. The SMILES string of the molecule is C=CC[C@@H](C[C@@H](O)CCCCC)O[Si](C)(C)C(C)(C)C. The van der Waals surface area contributed by atoms with Crippen LogP contribution in [0.3, 0.4) is 0 Å². The molecule has 0 saturated heterocycles. The van der Waals surface area contributed by atoms with Gasteiger partial charge in [0.25, 0.3) is 0 Å². The summed E-state index contributed by atoms with van der Waals surface area (Å²) in [6.45, 7) is 17.3. The molecule has 120 valence electrons. The van der Waals surface area contributed by atoms with Crippen molar-refractivity contribution in [2.24, 2.45) is 0 Å². The molecule has 0 aliphatic heterocycles. The fourth-order valence-corrected chi connectivity index (χ4v) is 3.40.